The molecule has 3 aromatic rings. The molecule has 1 aliphatic carbocycles. The van der Waals surface area contributed by atoms with Crippen molar-refractivity contribution in [1.82, 2.24) is 9.62 Å². The summed E-state index contributed by atoms with van der Waals surface area (Å²) in [5.41, 5.74) is 5.00. The van der Waals surface area contributed by atoms with Crippen molar-refractivity contribution in [3.8, 4) is 0 Å². The van der Waals surface area contributed by atoms with Crippen molar-refractivity contribution >= 4 is 38.6 Å². The Kier molecular flexibility index (Phi) is 7.94. The second-order valence-corrected chi connectivity index (χ2v) is 13.1. The van der Waals surface area contributed by atoms with Gasteiger partial charge in [-0.15, -0.1) is 0 Å². The first kappa shape index (κ1) is 27.7. The van der Waals surface area contributed by atoms with Crippen LogP contribution >= 0.6 is 0 Å². The average molecular weight is 573 g/mol. The molecule has 41 heavy (non-hydrogen) atoms. The Morgan fingerprint density at radius 1 is 0.927 bits per heavy atom. The Labute approximate surface area is 241 Å². The number of anilines is 2. The van der Waals surface area contributed by atoms with Crippen LogP contribution in [-0.2, 0) is 21.4 Å². The zero-order valence-electron chi connectivity index (χ0n) is 23.0. The molecular weight excluding hydrogens is 536 g/mol. The summed E-state index contributed by atoms with van der Waals surface area (Å²) in [5.74, 6) is 0.543. The molecule has 4 N–H and O–H groups in total. The van der Waals surface area contributed by atoms with Gasteiger partial charge in [0, 0.05) is 36.6 Å². The molecule has 2 heterocycles. The van der Waals surface area contributed by atoms with E-state index in [2.05, 4.69) is 32.4 Å². The van der Waals surface area contributed by atoms with Gasteiger partial charge in [-0.25, -0.2) is 13.1 Å². The van der Waals surface area contributed by atoms with E-state index in [1.54, 1.807) is 12.1 Å². The molecule has 214 valence electrons. The molecule has 1 saturated carbocycles. The molecule has 0 spiro atoms. The van der Waals surface area contributed by atoms with Crippen LogP contribution in [0, 0.1) is 11.8 Å². The van der Waals surface area contributed by atoms with Crippen molar-refractivity contribution in [2.45, 2.75) is 37.1 Å². The summed E-state index contributed by atoms with van der Waals surface area (Å²) in [7, 11) is -3.70. The lowest BCUT2D eigenvalue weighted by atomic mass is 9.97. The third-order valence-electron chi connectivity index (χ3n) is 8.21. The van der Waals surface area contributed by atoms with Gasteiger partial charge in [0.15, 0.2) is 0 Å². The molecule has 6 rings (SSSR count). The van der Waals surface area contributed by atoms with Gasteiger partial charge >= 0.3 is 0 Å². The van der Waals surface area contributed by atoms with Crippen LogP contribution < -0.4 is 15.4 Å². The summed E-state index contributed by atoms with van der Waals surface area (Å²) in [6, 6.07) is 22.6. The SMILES string of the molecule is O=C1Nc2ccc(S(=O)(=O)NCC3CC3)cc2/C1=C(/Nc1ccc(CN2CCC(CO)CC2)cc1)c1ccccc1. The molecule has 0 bridgehead atoms. The quantitative estimate of drug-likeness (QED) is 0.266. The van der Waals surface area contributed by atoms with Crippen molar-refractivity contribution in [2.75, 3.05) is 36.9 Å². The number of nitrogens with zero attached hydrogens (tertiary/aromatic N) is 1. The normalized spacial score (nSPS) is 19.1. The van der Waals surface area contributed by atoms with Crippen LogP contribution in [0.15, 0.2) is 77.7 Å². The number of aliphatic hydroxyl groups is 1. The minimum Gasteiger partial charge on any atom is -0.396 e. The summed E-state index contributed by atoms with van der Waals surface area (Å²) in [5, 5.41) is 15.8. The van der Waals surface area contributed by atoms with Crippen molar-refractivity contribution in [1.29, 1.82) is 0 Å². The zero-order chi connectivity index (χ0) is 28.4. The molecule has 9 heteroatoms. The zero-order valence-corrected chi connectivity index (χ0v) is 23.8. The van der Waals surface area contributed by atoms with E-state index in [0.717, 1.165) is 56.6 Å². The molecule has 0 radical (unpaired) electrons. The predicted octanol–water partition coefficient (Wildman–Crippen LogP) is 4.51. The molecule has 1 saturated heterocycles. The van der Waals surface area contributed by atoms with Crippen LogP contribution in [0.25, 0.3) is 11.3 Å². The van der Waals surface area contributed by atoms with Crippen molar-refractivity contribution in [2.24, 2.45) is 11.8 Å². The number of hydrogen-bond acceptors (Lipinski definition) is 6. The summed E-state index contributed by atoms with van der Waals surface area (Å²) in [6.45, 7) is 3.53. The second-order valence-electron chi connectivity index (χ2n) is 11.3. The fourth-order valence-corrected chi connectivity index (χ4v) is 6.64. The first-order chi connectivity index (χ1) is 19.9. The van der Waals surface area contributed by atoms with Gasteiger partial charge < -0.3 is 15.7 Å². The van der Waals surface area contributed by atoms with Crippen molar-refractivity contribution in [3.63, 3.8) is 0 Å². The van der Waals surface area contributed by atoms with E-state index in [0.29, 0.717) is 40.9 Å². The van der Waals surface area contributed by atoms with Crippen LogP contribution in [0.1, 0.15) is 42.4 Å². The summed E-state index contributed by atoms with van der Waals surface area (Å²) < 4.78 is 28.8. The molecule has 3 aliphatic rings. The number of benzene rings is 3. The lowest BCUT2D eigenvalue weighted by Crippen LogP contribution is -2.34. The Morgan fingerprint density at radius 3 is 2.34 bits per heavy atom. The highest BCUT2D eigenvalue weighted by Gasteiger charge is 2.31. The Bertz CT molecular complexity index is 1540. The van der Waals surface area contributed by atoms with E-state index in [1.165, 1.54) is 11.6 Å². The summed E-state index contributed by atoms with van der Waals surface area (Å²) in [6.07, 6.45) is 4.14. The molecule has 2 aliphatic heterocycles. The number of fused-ring (bicyclic) bond motifs is 1. The number of carbonyl (C=O) groups is 1. The van der Waals surface area contributed by atoms with Crippen LogP contribution in [0.5, 0.6) is 0 Å². The van der Waals surface area contributed by atoms with Crippen LogP contribution in [0.2, 0.25) is 0 Å². The smallest absolute Gasteiger partial charge is 0.258 e. The van der Waals surface area contributed by atoms with Gasteiger partial charge in [0.2, 0.25) is 10.0 Å². The highest BCUT2D eigenvalue weighted by atomic mass is 32.2. The number of amides is 1. The van der Waals surface area contributed by atoms with Crippen molar-refractivity contribution in [3.05, 3.63) is 89.5 Å². The average Bonchev–Trinajstić information content (AvgIpc) is 3.77. The molecule has 2 fully saturated rings. The molecule has 0 aromatic heterocycles. The molecule has 3 aromatic carbocycles. The van der Waals surface area contributed by atoms with Crippen LogP contribution in [0.3, 0.4) is 0 Å². The first-order valence-electron chi connectivity index (χ1n) is 14.3. The summed E-state index contributed by atoms with van der Waals surface area (Å²) in [4.78, 5) is 15.9. The van der Waals surface area contributed by atoms with Gasteiger partial charge in [0.05, 0.1) is 16.2 Å². The summed E-state index contributed by atoms with van der Waals surface area (Å²) >= 11 is 0. The number of likely N-dealkylation sites (tertiary alicyclic amines) is 1. The maximum absolute atomic E-state index is 13.3. The molecular formula is C32H36N4O4S. The van der Waals surface area contributed by atoms with Gasteiger partial charge in [-0.1, -0.05) is 42.5 Å². The second kappa shape index (κ2) is 11.8. The van der Waals surface area contributed by atoms with Crippen molar-refractivity contribution < 1.29 is 18.3 Å². The van der Waals surface area contributed by atoms with E-state index < -0.39 is 10.0 Å². The van der Waals surface area contributed by atoms with E-state index in [9.17, 15) is 18.3 Å². The molecule has 0 unspecified atom stereocenters. The standard InChI is InChI=1S/C32H36N4O4S/c37-21-24-14-16-36(17-15-24)20-23-8-10-26(11-9-23)34-31(25-4-2-1-3-5-25)30-28-18-27(12-13-29(28)35-32(30)38)41(39,40)33-19-22-6-7-22/h1-5,8-13,18,22,24,33-34,37H,6-7,14-17,19-21H2,(H,35,38)/b31-30-. The monoisotopic (exact) mass is 572 g/mol. The lowest BCUT2D eigenvalue weighted by molar-refractivity contribution is -0.110. The van der Waals surface area contributed by atoms with E-state index in [1.807, 2.05) is 42.5 Å². The molecule has 1 amide bonds. The fraction of sp³-hybridized carbons (Fsp3) is 0.344. The minimum absolute atomic E-state index is 0.144. The molecule has 0 atom stereocenters. The number of piperidine rings is 1. The lowest BCUT2D eigenvalue weighted by Gasteiger charge is -2.31. The molecule has 8 nitrogen and oxygen atoms in total. The first-order valence-corrected chi connectivity index (χ1v) is 15.8. The number of hydrogen-bond donors (Lipinski definition) is 4. The minimum atomic E-state index is -3.70. The third-order valence-corrected chi connectivity index (χ3v) is 9.63. The topological polar surface area (TPSA) is 111 Å². The van der Waals surface area contributed by atoms with Gasteiger partial charge in [0.1, 0.15) is 0 Å². The number of nitrogens with one attached hydrogen (secondary N) is 3. The highest BCUT2D eigenvalue weighted by molar-refractivity contribution is 7.89. The Hall–Kier alpha value is -3.50. The number of aliphatic hydroxyl groups excluding tert-OH is 1. The highest BCUT2D eigenvalue weighted by Crippen LogP contribution is 2.39. The maximum atomic E-state index is 13.3. The third kappa shape index (κ3) is 6.38. The van der Waals surface area contributed by atoms with Crippen LogP contribution in [0.4, 0.5) is 11.4 Å². The number of sulfonamides is 1. The van der Waals surface area contributed by atoms with E-state index in [-0.39, 0.29) is 17.4 Å². The largest absolute Gasteiger partial charge is 0.396 e. The van der Waals surface area contributed by atoms with E-state index >= 15 is 0 Å². The van der Waals surface area contributed by atoms with Gasteiger partial charge in [-0.3, -0.25) is 9.69 Å². The predicted molar refractivity (Wildman–Crippen MR) is 161 cm³/mol. The number of rotatable bonds is 10. The Balaban J connectivity index is 1.29. The van der Waals surface area contributed by atoms with Crippen LogP contribution in [-0.4, -0.2) is 50.6 Å². The van der Waals surface area contributed by atoms with E-state index in [4.69, 9.17) is 0 Å². The van der Waals surface area contributed by atoms with Gasteiger partial charge in [-0.05, 0) is 92.1 Å². The fourth-order valence-electron chi connectivity index (χ4n) is 5.50. The maximum Gasteiger partial charge on any atom is 0.258 e. The van der Waals surface area contributed by atoms with Gasteiger partial charge in [0.25, 0.3) is 5.91 Å². The Morgan fingerprint density at radius 2 is 1.66 bits per heavy atom. The number of carbonyl (C=O) groups excluding carboxylic acids is 1. The van der Waals surface area contributed by atoms with Gasteiger partial charge in [-0.2, -0.15) is 0 Å².